The van der Waals surface area contributed by atoms with E-state index in [1.165, 1.54) is 23.0 Å². The first kappa shape index (κ1) is 11.4. The van der Waals surface area contributed by atoms with Crippen molar-refractivity contribution in [3.8, 4) is 0 Å². The van der Waals surface area contributed by atoms with Crippen molar-refractivity contribution in [3.63, 3.8) is 0 Å². The predicted molar refractivity (Wildman–Crippen MR) is 63.4 cm³/mol. The molecule has 3 heterocycles. The van der Waals surface area contributed by atoms with E-state index in [-0.39, 0.29) is 11.5 Å². The van der Waals surface area contributed by atoms with Gasteiger partial charge in [-0.3, -0.25) is 4.68 Å². The van der Waals surface area contributed by atoms with Gasteiger partial charge in [-0.15, -0.1) is 0 Å². The van der Waals surface area contributed by atoms with Crippen LogP contribution in [0.2, 0.25) is 0 Å². The van der Waals surface area contributed by atoms with E-state index in [4.69, 9.17) is 5.11 Å². The number of aromatic carboxylic acids is 1. The SMILES string of the molecule is O=C(O)c1ccn(Cc2cn3cc(F)ccc3n2)n1. The van der Waals surface area contributed by atoms with E-state index in [0.717, 1.165) is 0 Å². The number of hydrogen-bond acceptors (Lipinski definition) is 3. The fraction of sp³-hybridized carbons (Fsp3) is 0.0833. The van der Waals surface area contributed by atoms with Crippen molar-refractivity contribution in [3.05, 3.63) is 54.0 Å². The molecule has 0 aliphatic heterocycles. The highest BCUT2D eigenvalue weighted by atomic mass is 19.1. The van der Waals surface area contributed by atoms with Crippen molar-refractivity contribution < 1.29 is 14.3 Å². The Balaban J connectivity index is 1.89. The first-order valence-corrected chi connectivity index (χ1v) is 5.52. The number of carboxylic acid groups (broad SMARTS) is 1. The third-order valence-electron chi connectivity index (χ3n) is 2.65. The molecule has 0 aliphatic carbocycles. The van der Waals surface area contributed by atoms with Crippen molar-refractivity contribution in [1.82, 2.24) is 19.2 Å². The molecule has 0 bridgehead atoms. The fourth-order valence-electron chi connectivity index (χ4n) is 1.82. The van der Waals surface area contributed by atoms with Crippen LogP contribution in [0.3, 0.4) is 0 Å². The number of aromatic nitrogens is 4. The zero-order valence-electron chi connectivity index (χ0n) is 9.69. The molecule has 19 heavy (non-hydrogen) atoms. The molecule has 0 saturated carbocycles. The van der Waals surface area contributed by atoms with Crippen LogP contribution in [0.15, 0.2) is 36.8 Å². The van der Waals surface area contributed by atoms with Crippen LogP contribution in [0.1, 0.15) is 16.2 Å². The van der Waals surface area contributed by atoms with Gasteiger partial charge in [-0.1, -0.05) is 0 Å². The average molecular weight is 260 g/mol. The molecule has 0 aromatic carbocycles. The Morgan fingerprint density at radius 1 is 1.32 bits per heavy atom. The quantitative estimate of drug-likeness (QED) is 0.773. The maximum atomic E-state index is 13.0. The van der Waals surface area contributed by atoms with E-state index >= 15 is 0 Å². The van der Waals surface area contributed by atoms with Crippen LogP contribution in [-0.4, -0.2) is 30.2 Å². The number of carbonyl (C=O) groups is 1. The molecule has 0 unspecified atom stereocenters. The number of halogens is 1. The third-order valence-corrected chi connectivity index (χ3v) is 2.65. The lowest BCUT2D eigenvalue weighted by Crippen LogP contribution is -2.04. The Morgan fingerprint density at radius 3 is 2.89 bits per heavy atom. The highest BCUT2D eigenvalue weighted by Gasteiger charge is 2.08. The van der Waals surface area contributed by atoms with Crippen LogP contribution in [0.25, 0.3) is 5.65 Å². The second kappa shape index (κ2) is 4.20. The van der Waals surface area contributed by atoms with Crippen LogP contribution in [0.5, 0.6) is 0 Å². The van der Waals surface area contributed by atoms with Gasteiger partial charge in [0, 0.05) is 18.6 Å². The zero-order valence-corrected chi connectivity index (χ0v) is 9.69. The number of hydrogen-bond donors (Lipinski definition) is 1. The van der Waals surface area contributed by atoms with E-state index in [0.29, 0.717) is 17.9 Å². The molecule has 96 valence electrons. The number of pyridine rings is 1. The van der Waals surface area contributed by atoms with Gasteiger partial charge in [-0.2, -0.15) is 5.10 Å². The number of fused-ring (bicyclic) bond motifs is 1. The zero-order chi connectivity index (χ0) is 13.4. The highest BCUT2D eigenvalue weighted by molar-refractivity contribution is 5.85. The maximum absolute atomic E-state index is 13.0. The molecule has 7 heteroatoms. The van der Waals surface area contributed by atoms with Gasteiger partial charge in [0.05, 0.1) is 12.2 Å². The molecule has 3 aromatic heterocycles. The minimum absolute atomic E-state index is 0.0187. The van der Waals surface area contributed by atoms with Gasteiger partial charge in [0.15, 0.2) is 5.69 Å². The van der Waals surface area contributed by atoms with E-state index in [1.807, 2.05) is 0 Å². The Bertz CT molecular complexity index is 762. The summed E-state index contributed by atoms with van der Waals surface area (Å²) in [6.07, 6.45) is 4.58. The first-order chi connectivity index (χ1) is 9.11. The van der Waals surface area contributed by atoms with Crippen LogP contribution in [0, 0.1) is 5.82 Å². The Hall–Kier alpha value is -2.70. The van der Waals surface area contributed by atoms with Crippen molar-refractivity contribution in [1.29, 1.82) is 0 Å². The normalized spacial score (nSPS) is 11.0. The van der Waals surface area contributed by atoms with Gasteiger partial charge < -0.3 is 9.51 Å². The second-order valence-corrected chi connectivity index (χ2v) is 4.05. The number of carboxylic acids is 1. The molecule has 0 fully saturated rings. The summed E-state index contributed by atoms with van der Waals surface area (Å²) >= 11 is 0. The van der Waals surface area contributed by atoms with Crippen molar-refractivity contribution >= 4 is 11.6 Å². The van der Waals surface area contributed by atoms with E-state index in [9.17, 15) is 9.18 Å². The Labute approximate surface area is 106 Å². The molecule has 0 radical (unpaired) electrons. The smallest absolute Gasteiger partial charge is 0.356 e. The molecule has 0 atom stereocenters. The van der Waals surface area contributed by atoms with Gasteiger partial charge in [0.25, 0.3) is 0 Å². The molecule has 0 spiro atoms. The maximum Gasteiger partial charge on any atom is 0.356 e. The summed E-state index contributed by atoms with van der Waals surface area (Å²) < 4.78 is 16.1. The standard InChI is InChI=1S/C12H9FN4O2/c13-8-1-2-11-14-9(6-16(11)5-8)7-17-4-3-10(15-17)12(18)19/h1-6H,7H2,(H,18,19). The summed E-state index contributed by atoms with van der Waals surface area (Å²) in [6, 6.07) is 4.32. The summed E-state index contributed by atoms with van der Waals surface area (Å²) in [4.78, 5) is 15.0. The molecule has 0 aliphatic rings. The lowest BCUT2D eigenvalue weighted by molar-refractivity contribution is 0.0689. The second-order valence-electron chi connectivity index (χ2n) is 4.05. The molecule has 6 nitrogen and oxygen atoms in total. The summed E-state index contributed by atoms with van der Waals surface area (Å²) in [5.74, 6) is -1.42. The van der Waals surface area contributed by atoms with E-state index in [2.05, 4.69) is 10.1 Å². The van der Waals surface area contributed by atoms with Crippen molar-refractivity contribution in [2.45, 2.75) is 6.54 Å². The predicted octanol–water partition coefficient (Wildman–Crippen LogP) is 1.42. The minimum Gasteiger partial charge on any atom is -0.476 e. The van der Waals surface area contributed by atoms with Crippen LogP contribution < -0.4 is 0 Å². The summed E-state index contributed by atoms with van der Waals surface area (Å²) in [5.41, 5.74) is 1.28. The molecule has 1 N–H and O–H groups in total. The minimum atomic E-state index is -1.07. The van der Waals surface area contributed by atoms with Crippen LogP contribution in [0.4, 0.5) is 4.39 Å². The summed E-state index contributed by atoms with van der Waals surface area (Å²) in [7, 11) is 0. The summed E-state index contributed by atoms with van der Waals surface area (Å²) in [6.45, 7) is 0.330. The number of imidazole rings is 1. The highest BCUT2D eigenvalue weighted by Crippen LogP contribution is 2.08. The van der Waals surface area contributed by atoms with E-state index in [1.54, 1.807) is 22.9 Å². The number of nitrogens with zero attached hydrogens (tertiary/aromatic N) is 4. The lowest BCUT2D eigenvalue weighted by Gasteiger charge is -1.95. The molecule has 3 aromatic rings. The molecule has 0 saturated heterocycles. The van der Waals surface area contributed by atoms with E-state index < -0.39 is 5.97 Å². The Kier molecular flexibility index (Phi) is 2.52. The fourth-order valence-corrected chi connectivity index (χ4v) is 1.82. The van der Waals surface area contributed by atoms with Gasteiger partial charge in [0.2, 0.25) is 0 Å². The third kappa shape index (κ3) is 2.17. The van der Waals surface area contributed by atoms with Crippen LogP contribution in [-0.2, 0) is 6.54 Å². The first-order valence-electron chi connectivity index (χ1n) is 5.52. The lowest BCUT2D eigenvalue weighted by atomic mass is 10.4. The van der Waals surface area contributed by atoms with Gasteiger partial charge >= 0.3 is 5.97 Å². The van der Waals surface area contributed by atoms with Crippen LogP contribution >= 0.6 is 0 Å². The average Bonchev–Trinajstić information content (AvgIpc) is 2.95. The molecule has 3 rings (SSSR count). The van der Waals surface area contributed by atoms with Crippen molar-refractivity contribution in [2.24, 2.45) is 0 Å². The molecular formula is C12H9FN4O2. The largest absolute Gasteiger partial charge is 0.476 e. The molecule has 0 amide bonds. The van der Waals surface area contributed by atoms with Gasteiger partial charge in [-0.05, 0) is 18.2 Å². The number of rotatable bonds is 3. The Morgan fingerprint density at radius 2 is 2.16 bits per heavy atom. The van der Waals surface area contributed by atoms with Gasteiger partial charge in [-0.25, -0.2) is 14.2 Å². The molecular weight excluding hydrogens is 251 g/mol. The summed E-state index contributed by atoms with van der Waals surface area (Å²) in [5, 5.41) is 12.7. The monoisotopic (exact) mass is 260 g/mol. The van der Waals surface area contributed by atoms with Gasteiger partial charge in [0.1, 0.15) is 11.5 Å². The topological polar surface area (TPSA) is 72.4 Å². The van der Waals surface area contributed by atoms with Crippen molar-refractivity contribution in [2.75, 3.05) is 0 Å².